The van der Waals surface area contributed by atoms with Gasteiger partial charge in [-0.05, 0) is 48.3 Å². The highest BCUT2D eigenvalue weighted by atomic mass is 32.1. The molecule has 0 atom stereocenters. The summed E-state index contributed by atoms with van der Waals surface area (Å²) in [5, 5.41) is 6.61. The molecule has 0 fully saturated rings. The van der Waals surface area contributed by atoms with Gasteiger partial charge in [0.1, 0.15) is 5.69 Å². The first kappa shape index (κ1) is 21.5. The van der Waals surface area contributed by atoms with Crippen LogP contribution < -0.4 is 15.5 Å². The van der Waals surface area contributed by atoms with Gasteiger partial charge in [0.05, 0.1) is 16.0 Å². The molecule has 3 aromatic carbocycles. The fourth-order valence-electron chi connectivity index (χ4n) is 3.45. The van der Waals surface area contributed by atoms with E-state index in [1.54, 1.807) is 24.3 Å². The third kappa shape index (κ3) is 4.95. The molecule has 2 N–H and O–H groups in total. The summed E-state index contributed by atoms with van der Waals surface area (Å²) in [6.07, 6.45) is 0.802. The van der Waals surface area contributed by atoms with Crippen LogP contribution in [0.2, 0.25) is 0 Å². The van der Waals surface area contributed by atoms with Gasteiger partial charge in [-0.1, -0.05) is 48.5 Å². The smallest absolute Gasteiger partial charge is 0.276 e. The molecular weight excluding hydrogens is 420 g/mol. The molecule has 0 spiro atoms. The highest BCUT2D eigenvalue weighted by molar-refractivity contribution is 7.13. The van der Waals surface area contributed by atoms with Crippen molar-refractivity contribution in [3.63, 3.8) is 0 Å². The summed E-state index contributed by atoms with van der Waals surface area (Å²) in [5.74, 6) is -0.543. The number of aromatic nitrogens is 1. The monoisotopic (exact) mass is 444 g/mol. The van der Waals surface area contributed by atoms with Crippen molar-refractivity contribution >= 4 is 44.8 Å². The number of anilines is 2. The van der Waals surface area contributed by atoms with E-state index < -0.39 is 0 Å². The van der Waals surface area contributed by atoms with E-state index in [1.807, 2.05) is 49.5 Å². The maximum atomic E-state index is 12.8. The Balaban J connectivity index is 1.36. The van der Waals surface area contributed by atoms with Crippen LogP contribution in [0, 0.1) is 0 Å². The number of nitrogens with one attached hydrogen (secondary N) is 2. The van der Waals surface area contributed by atoms with Crippen molar-refractivity contribution < 1.29 is 9.59 Å². The van der Waals surface area contributed by atoms with E-state index in [0.29, 0.717) is 23.5 Å². The number of fused-ring (bicyclic) bond motifs is 1. The number of carbonyl (C=O) groups is 2. The molecular formula is C25H24N4O2S. The topological polar surface area (TPSA) is 74.3 Å². The summed E-state index contributed by atoms with van der Waals surface area (Å²) in [6, 6.07) is 24.7. The van der Waals surface area contributed by atoms with Gasteiger partial charge in [-0.15, -0.1) is 0 Å². The SMILES string of the molecule is CN(CCCNC(=O)c1ccccc1NC(=O)c1nsc2ccccc12)c1ccccc1. The molecule has 4 aromatic rings. The summed E-state index contributed by atoms with van der Waals surface area (Å²) in [4.78, 5) is 27.8. The van der Waals surface area contributed by atoms with Gasteiger partial charge in [-0.25, -0.2) is 0 Å². The number of hydrogen-bond acceptors (Lipinski definition) is 5. The van der Waals surface area contributed by atoms with Crippen molar-refractivity contribution in [3.8, 4) is 0 Å². The van der Waals surface area contributed by atoms with Crippen molar-refractivity contribution in [2.75, 3.05) is 30.4 Å². The molecule has 0 aliphatic carbocycles. The van der Waals surface area contributed by atoms with Crippen molar-refractivity contribution in [1.82, 2.24) is 9.69 Å². The third-order valence-corrected chi connectivity index (χ3v) is 5.99. The predicted molar refractivity (Wildman–Crippen MR) is 131 cm³/mol. The fourth-order valence-corrected chi connectivity index (χ4v) is 4.22. The Morgan fingerprint density at radius 2 is 1.62 bits per heavy atom. The summed E-state index contributed by atoms with van der Waals surface area (Å²) < 4.78 is 5.24. The lowest BCUT2D eigenvalue weighted by Gasteiger charge is -2.19. The summed E-state index contributed by atoms with van der Waals surface area (Å²) in [7, 11) is 2.03. The molecule has 0 saturated heterocycles. The van der Waals surface area contributed by atoms with Crippen LogP contribution in [0.15, 0.2) is 78.9 Å². The van der Waals surface area contributed by atoms with Crippen LogP contribution in [-0.4, -0.2) is 36.3 Å². The first-order chi connectivity index (χ1) is 15.6. The largest absolute Gasteiger partial charge is 0.375 e. The number of nitrogens with zero attached hydrogens (tertiary/aromatic N) is 2. The number of rotatable bonds is 8. The van der Waals surface area contributed by atoms with Crippen molar-refractivity contribution in [2.24, 2.45) is 0 Å². The third-order valence-electron chi connectivity index (χ3n) is 5.17. The van der Waals surface area contributed by atoms with Crippen LogP contribution in [0.5, 0.6) is 0 Å². The number of hydrogen-bond donors (Lipinski definition) is 2. The molecule has 0 unspecified atom stereocenters. The van der Waals surface area contributed by atoms with Gasteiger partial charge >= 0.3 is 0 Å². The lowest BCUT2D eigenvalue weighted by molar-refractivity contribution is 0.0954. The molecule has 7 heteroatoms. The Kier molecular flexibility index (Phi) is 6.77. The molecule has 1 aromatic heterocycles. The highest BCUT2D eigenvalue weighted by Crippen LogP contribution is 2.24. The lowest BCUT2D eigenvalue weighted by atomic mass is 10.1. The van der Waals surface area contributed by atoms with Crippen LogP contribution in [0.4, 0.5) is 11.4 Å². The lowest BCUT2D eigenvalue weighted by Crippen LogP contribution is -2.29. The minimum Gasteiger partial charge on any atom is -0.375 e. The van der Waals surface area contributed by atoms with Crippen LogP contribution in [0.25, 0.3) is 10.1 Å². The van der Waals surface area contributed by atoms with Crippen molar-refractivity contribution in [2.45, 2.75) is 6.42 Å². The Morgan fingerprint density at radius 1 is 0.906 bits per heavy atom. The van der Waals surface area contributed by atoms with Gasteiger partial charge in [-0.2, -0.15) is 4.37 Å². The predicted octanol–water partition coefficient (Wildman–Crippen LogP) is 4.80. The van der Waals surface area contributed by atoms with Gasteiger partial charge in [0, 0.05) is 31.2 Å². The summed E-state index contributed by atoms with van der Waals surface area (Å²) >= 11 is 1.28. The minimum atomic E-state index is -0.327. The van der Waals surface area contributed by atoms with Crippen molar-refractivity contribution in [1.29, 1.82) is 0 Å². The maximum absolute atomic E-state index is 12.8. The second-order valence-corrected chi connectivity index (χ2v) is 8.20. The summed E-state index contributed by atoms with van der Waals surface area (Å²) in [5.41, 5.74) is 2.40. The van der Waals surface area contributed by atoms with E-state index in [-0.39, 0.29) is 11.8 Å². The van der Waals surface area contributed by atoms with E-state index in [0.717, 1.165) is 28.7 Å². The Labute approximate surface area is 191 Å². The fraction of sp³-hybridized carbons (Fsp3) is 0.160. The first-order valence-corrected chi connectivity index (χ1v) is 11.2. The second kappa shape index (κ2) is 10.1. The zero-order chi connectivity index (χ0) is 22.3. The van der Waals surface area contributed by atoms with Crippen LogP contribution in [-0.2, 0) is 0 Å². The molecule has 162 valence electrons. The van der Waals surface area contributed by atoms with Gasteiger partial charge in [0.2, 0.25) is 0 Å². The first-order valence-electron chi connectivity index (χ1n) is 10.4. The van der Waals surface area contributed by atoms with E-state index in [9.17, 15) is 9.59 Å². The Bertz CT molecular complexity index is 1220. The van der Waals surface area contributed by atoms with Gasteiger partial charge in [-0.3, -0.25) is 9.59 Å². The van der Waals surface area contributed by atoms with Crippen LogP contribution in [0.1, 0.15) is 27.3 Å². The molecule has 6 nitrogen and oxygen atoms in total. The minimum absolute atomic E-state index is 0.216. The molecule has 2 amide bonds. The zero-order valence-electron chi connectivity index (χ0n) is 17.7. The maximum Gasteiger partial charge on any atom is 0.276 e. The Hall–Kier alpha value is -3.71. The molecule has 0 radical (unpaired) electrons. The normalized spacial score (nSPS) is 10.7. The van der Waals surface area contributed by atoms with E-state index in [2.05, 4.69) is 32.0 Å². The van der Waals surface area contributed by atoms with E-state index in [4.69, 9.17) is 0 Å². The molecule has 4 rings (SSSR count). The number of carbonyl (C=O) groups excluding carboxylic acids is 2. The average Bonchev–Trinajstić information content (AvgIpc) is 3.27. The molecule has 0 saturated carbocycles. The Morgan fingerprint density at radius 3 is 2.47 bits per heavy atom. The van der Waals surface area contributed by atoms with E-state index in [1.165, 1.54) is 11.5 Å². The van der Waals surface area contributed by atoms with Gasteiger partial charge in [0.25, 0.3) is 11.8 Å². The standard InChI is InChI=1S/C25H24N4O2S/c1-29(18-10-3-2-4-11-18)17-9-16-26-24(30)19-12-5-7-14-21(19)27-25(31)23-20-13-6-8-15-22(20)32-28-23/h2-8,10-15H,9,16-17H2,1H3,(H,26,30)(H,27,31). The quantitative estimate of drug-likeness (QED) is 0.383. The van der Waals surface area contributed by atoms with Crippen LogP contribution in [0.3, 0.4) is 0 Å². The molecule has 0 aliphatic rings. The number of benzene rings is 3. The second-order valence-electron chi connectivity index (χ2n) is 7.39. The van der Waals surface area contributed by atoms with Gasteiger partial charge in [0.15, 0.2) is 0 Å². The van der Waals surface area contributed by atoms with E-state index >= 15 is 0 Å². The number of para-hydroxylation sites is 2. The number of amides is 2. The van der Waals surface area contributed by atoms with Gasteiger partial charge < -0.3 is 15.5 Å². The summed E-state index contributed by atoms with van der Waals surface area (Å²) in [6.45, 7) is 1.36. The molecule has 0 aliphatic heterocycles. The molecule has 32 heavy (non-hydrogen) atoms. The zero-order valence-corrected chi connectivity index (χ0v) is 18.6. The molecule has 0 bridgehead atoms. The highest BCUT2D eigenvalue weighted by Gasteiger charge is 2.17. The average molecular weight is 445 g/mol. The van der Waals surface area contributed by atoms with Crippen LogP contribution >= 0.6 is 11.5 Å². The molecule has 1 heterocycles. The van der Waals surface area contributed by atoms with Crippen molar-refractivity contribution in [3.05, 3.63) is 90.1 Å².